The van der Waals surface area contributed by atoms with Gasteiger partial charge in [0.1, 0.15) is 17.3 Å². The second-order valence-corrected chi connectivity index (χ2v) is 6.49. The standard InChI is InChI=1S/C18H23N3O3/c1-11(2)17-19-15-6-7-21(10-14(15)18(23)20-17)9-12-4-5-13(22)8-16(12)24-3/h4-5,8,11,22H,6-7,9-10H2,1-3H3,(H,19,20,23). The Morgan fingerprint density at radius 2 is 2.21 bits per heavy atom. The highest BCUT2D eigenvalue weighted by molar-refractivity contribution is 5.40. The van der Waals surface area contributed by atoms with E-state index in [-0.39, 0.29) is 17.2 Å². The highest BCUT2D eigenvalue weighted by Gasteiger charge is 2.22. The second kappa shape index (κ2) is 6.65. The van der Waals surface area contributed by atoms with Crippen molar-refractivity contribution in [2.24, 2.45) is 0 Å². The van der Waals surface area contributed by atoms with Crippen LogP contribution in [0.15, 0.2) is 23.0 Å². The first-order valence-corrected chi connectivity index (χ1v) is 8.18. The number of benzene rings is 1. The van der Waals surface area contributed by atoms with Gasteiger partial charge in [-0.2, -0.15) is 0 Å². The Kier molecular flexibility index (Phi) is 4.57. The molecule has 0 saturated heterocycles. The average Bonchev–Trinajstić information content (AvgIpc) is 2.56. The quantitative estimate of drug-likeness (QED) is 0.899. The van der Waals surface area contributed by atoms with Gasteiger partial charge < -0.3 is 14.8 Å². The number of ether oxygens (including phenoxy) is 1. The Balaban J connectivity index is 1.82. The van der Waals surface area contributed by atoms with E-state index >= 15 is 0 Å². The van der Waals surface area contributed by atoms with E-state index in [1.165, 1.54) is 0 Å². The van der Waals surface area contributed by atoms with E-state index in [2.05, 4.69) is 14.9 Å². The molecule has 0 bridgehead atoms. The number of methoxy groups -OCH3 is 1. The minimum absolute atomic E-state index is 0.0360. The number of H-pyrrole nitrogens is 1. The number of hydrogen-bond acceptors (Lipinski definition) is 5. The summed E-state index contributed by atoms with van der Waals surface area (Å²) in [7, 11) is 1.59. The number of phenolic OH excluding ortho intramolecular Hbond substituents is 1. The minimum atomic E-state index is -0.0360. The summed E-state index contributed by atoms with van der Waals surface area (Å²) in [6.45, 7) is 6.12. The van der Waals surface area contributed by atoms with Crippen molar-refractivity contribution in [2.75, 3.05) is 13.7 Å². The monoisotopic (exact) mass is 329 g/mol. The molecule has 0 radical (unpaired) electrons. The summed E-state index contributed by atoms with van der Waals surface area (Å²) in [6, 6.07) is 5.11. The molecule has 1 aromatic heterocycles. The lowest BCUT2D eigenvalue weighted by Gasteiger charge is -2.28. The molecule has 0 spiro atoms. The van der Waals surface area contributed by atoms with Crippen molar-refractivity contribution in [3.63, 3.8) is 0 Å². The summed E-state index contributed by atoms with van der Waals surface area (Å²) in [5.74, 6) is 1.80. The Morgan fingerprint density at radius 3 is 2.92 bits per heavy atom. The normalized spacial score (nSPS) is 14.7. The summed E-state index contributed by atoms with van der Waals surface area (Å²) in [6.07, 6.45) is 0.763. The SMILES string of the molecule is COc1cc(O)ccc1CN1CCc2nc(C(C)C)[nH]c(=O)c2C1. The third kappa shape index (κ3) is 3.28. The topological polar surface area (TPSA) is 78.5 Å². The van der Waals surface area contributed by atoms with Crippen molar-refractivity contribution in [3.8, 4) is 11.5 Å². The van der Waals surface area contributed by atoms with E-state index in [4.69, 9.17) is 4.74 Å². The molecule has 0 saturated carbocycles. The molecule has 6 heteroatoms. The molecule has 1 aromatic carbocycles. The van der Waals surface area contributed by atoms with Crippen LogP contribution in [0.2, 0.25) is 0 Å². The molecule has 0 unspecified atom stereocenters. The number of hydrogen-bond donors (Lipinski definition) is 2. The van der Waals surface area contributed by atoms with Crippen LogP contribution in [0.25, 0.3) is 0 Å². The lowest BCUT2D eigenvalue weighted by atomic mass is 10.0. The van der Waals surface area contributed by atoms with Crippen molar-refractivity contribution < 1.29 is 9.84 Å². The van der Waals surface area contributed by atoms with Gasteiger partial charge in [0.05, 0.1) is 18.4 Å². The molecule has 6 nitrogen and oxygen atoms in total. The zero-order chi connectivity index (χ0) is 17.3. The largest absolute Gasteiger partial charge is 0.508 e. The first-order valence-electron chi connectivity index (χ1n) is 8.18. The number of nitrogens with zero attached hydrogens (tertiary/aromatic N) is 2. The zero-order valence-electron chi connectivity index (χ0n) is 14.3. The van der Waals surface area contributed by atoms with E-state index in [0.29, 0.717) is 18.8 Å². The number of aromatic amines is 1. The summed E-state index contributed by atoms with van der Waals surface area (Å²) >= 11 is 0. The Morgan fingerprint density at radius 1 is 1.42 bits per heavy atom. The third-order valence-electron chi connectivity index (χ3n) is 4.38. The number of fused-ring (bicyclic) bond motifs is 1. The molecule has 1 aliphatic rings. The Hall–Kier alpha value is -2.34. The van der Waals surface area contributed by atoms with Crippen LogP contribution >= 0.6 is 0 Å². The van der Waals surface area contributed by atoms with E-state index in [1.54, 1.807) is 19.2 Å². The highest BCUT2D eigenvalue weighted by Crippen LogP contribution is 2.26. The third-order valence-corrected chi connectivity index (χ3v) is 4.38. The zero-order valence-corrected chi connectivity index (χ0v) is 14.3. The number of nitrogens with one attached hydrogen (secondary N) is 1. The van der Waals surface area contributed by atoms with Crippen LogP contribution in [0.3, 0.4) is 0 Å². The molecule has 0 aliphatic carbocycles. The molecule has 0 fully saturated rings. The number of aromatic hydroxyl groups is 1. The number of aromatic nitrogens is 2. The van der Waals surface area contributed by atoms with Crippen LogP contribution in [-0.2, 0) is 19.5 Å². The number of phenols is 1. The van der Waals surface area contributed by atoms with Gasteiger partial charge in [0.25, 0.3) is 5.56 Å². The van der Waals surface area contributed by atoms with Crippen LogP contribution in [-0.4, -0.2) is 33.6 Å². The van der Waals surface area contributed by atoms with Gasteiger partial charge in [0.15, 0.2) is 0 Å². The van der Waals surface area contributed by atoms with Crippen molar-refractivity contribution in [1.29, 1.82) is 0 Å². The second-order valence-electron chi connectivity index (χ2n) is 6.49. The molecule has 24 heavy (non-hydrogen) atoms. The summed E-state index contributed by atoms with van der Waals surface area (Å²) in [4.78, 5) is 22.1. The van der Waals surface area contributed by atoms with Crippen molar-refractivity contribution in [1.82, 2.24) is 14.9 Å². The molecule has 128 valence electrons. The Labute approximate surface area is 141 Å². The molecular formula is C18H23N3O3. The van der Waals surface area contributed by atoms with Crippen LogP contribution in [0.4, 0.5) is 0 Å². The van der Waals surface area contributed by atoms with E-state index in [9.17, 15) is 9.90 Å². The van der Waals surface area contributed by atoms with Crippen molar-refractivity contribution in [3.05, 3.63) is 51.2 Å². The maximum absolute atomic E-state index is 12.4. The van der Waals surface area contributed by atoms with Crippen LogP contribution < -0.4 is 10.3 Å². The van der Waals surface area contributed by atoms with E-state index < -0.39 is 0 Å². The minimum Gasteiger partial charge on any atom is -0.508 e. The maximum atomic E-state index is 12.4. The van der Waals surface area contributed by atoms with Gasteiger partial charge >= 0.3 is 0 Å². The van der Waals surface area contributed by atoms with Gasteiger partial charge in [-0.1, -0.05) is 19.9 Å². The first-order chi connectivity index (χ1) is 11.5. The van der Waals surface area contributed by atoms with Crippen LogP contribution in [0.1, 0.15) is 42.4 Å². The first kappa shape index (κ1) is 16.5. The lowest BCUT2D eigenvalue weighted by Crippen LogP contribution is -2.36. The van der Waals surface area contributed by atoms with Crippen molar-refractivity contribution >= 4 is 0 Å². The van der Waals surface area contributed by atoms with Crippen molar-refractivity contribution in [2.45, 2.75) is 39.3 Å². The molecule has 3 rings (SSSR count). The molecule has 1 aliphatic heterocycles. The average molecular weight is 329 g/mol. The molecule has 0 amide bonds. The molecule has 2 heterocycles. The lowest BCUT2D eigenvalue weighted by molar-refractivity contribution is 0.237. The molecular weight excluding hydrogens is 306 g/mol. The van der Waals surface area contributed by atoms with E-state index in [1.807, 2.05) is 19.9 Å². The molecule has 2 N–H and O–H groups in total. The van der Waals surface area contributed by atoms with Gasteiger partial charge in [-0.25, -0.2) is 4.98 Å². The summed E-state index contributed by atoms with van der Waals surface area (Å²) < 4.78 is 5.34. The molecule has 0 atom stereocenters. The predicted molar refractivity (Wildman–Crippen MR) is 91.4 cm³/mol. The van der Waals surface area contributed by atoms with Crippen LogP contribution in [0, 0.1) is 0 Å². The number of rotatable bonds is 4. The van der Waals surface area contributed by atoms with Gasteiger partial charge in [-0.3, -0.25) is 9.69 Å². The maximum Gasteiger partial charge on any atom is 0.255 e. The fraction of sp³-hybridized carbons (Fsp3) is 0.444. The fourth-order valence-corrected chi connectivity index (χ4v) is 3.01. The van der Waals surface area contributed by atoms with Gasteiger partial charge in [0.2, 0.25) is 0 Å². The van der Waals surface area contributed by atoms with Gasteiger partial charge in [-0.15, -0.1) is 0 Å². The molecule has 2 aromatic rings. The summed E-state index contributed by atoms with van der Waals surface area (Å²) in [5, 5.41) is 9.56. The van der Waals surface area contributed by atoms with Gasteiger partial charge in [-0.05, 0) is 6.07 Å². The smallest absolute Gasteiger partial charge is 0.255 e. The summed E-state index contributed by atoms with van der Waals surface area (Å²) in [5.41, 5.74) is 2.62. The highest BCUT2D eigenvalue weighted by atomic mass is 16.5. The Bertz CT molecular complexity index is 799. The van der Waals surface area contributed by atoms with E-state index in [0.717, 1.165) is 35.6 Å². The van der Waals surface area contributed by atoms with Crippen LogP contribution in [0.5, 0.6) is 11.5 Å². The fourth-order valence-electron chi connectivity index (χ4n) is 3.01. The van der Waals surface area contributed by atoms with Gasteiger partial charge in [0, 0.05) is 43.6 Å². The predicted octanol–water partition coefficient (Wildman–Crippen LogP) is 2.17.